The summed E-state index contributed by atoms with van der Waals surface area (Å²) in [5.41, 5.74) is -1.28. The van der Waals surface area contributed by atoms with E-state index in [9.17, 15) is 31.5 Å². The van der Waals surface area contributed by atoms with Crippen molar-refractivity contribution in [1.82, 2.24) is 0 Å². The van der Waals surface area contributed by atoms with Crippen LogP contribution in [0.15, 0.2) is 30.3 Å². The molecule has 0 saturated heterocycles. The van der Waals surface area contributed by atoms with Crippen LogP contribution in [0.2, 0.25) is 0 Å². The number of ether oxygens (including phenoxy) is 1. The average Bonchev–Trinajstić information content (AvgIpc) is 2.55. The lowest BCUT2D eigenvalue weighted by molar-refractivity contribution is -0.123. The third-order valence-electron chi connectivity index (χ3n) is 3.10. The Kier molecular flexibility index (Phi) is 5.35. The Morgan fingerprint density at radius 1 is 0.960 bits per heavy atom. The first kappa shape index (κ1) is 18.4. The quantitative estimate of drug-likeness (QED) is 0.516. The average molecular weight is 359 g/mol. The number of carbonyl (C=O) groups excluding carboxylic acids is 2. The third-order valence-corrected chi connectivity index (χ3v) is 3.10. The highest BCUT2D eigenvalue weighted by molar-refractivity contribution is 5.97. The van der Waals surface area contributed by atoms with Crippen LogP contribution in [0.5, 0.6) is 0 Å². The van der Waals surface area contributed by atoms with Gasteiger partial charge in [-0.3, -0.25) is 4.79 Å². The van der Waals surface area contributed by atoms with Gasteiger partial charge in [0.1, 0.15) is 11.6 Å². The van der Waals surface area contributed by atoms with E-state index in [0.29, 0.717) is 12.1 Å². The van der Waals surface area contributed by atoms with Gasteiger partial charge in [-0.15, -0.1) is 0 Å². The molecule has 0 aliphatic rings. The Hall–Kier alpha value is -2.97. The summed E-state index contributed by atoms with van der Waals surface area (Å²) in [4.78, 5) is 23.6. The number of carbonyl (C=O) groups is 2. The molecule has 0 unspecified atom stereocenters. The summed E-state index contributed by atoms with van der Waals surface area (Å²) in [6.07, 6.45) is -1.52. The molecule has 1 N–H and O–H groups in total. The number of halogens is 5. The van der Waals surface area contributed by atoms with E-state index in [1.165, 1.54) is 0 Å². The normalized spacial score (nSPS) is 11.8. The molecule has 25 heavy (non-hydrogen) atoms. The van der Waals surface area contributed by atoms with Crippen molar-refractivity contribution in [2.24, 2.45) is 0 Å². The van der Waals surface area contributed by atoms with Crippen LogP contribution in [0.3, 0.4) is 0 Å². The first-order valence-corrected chi connectivity index (χ1v) is 6.81. The predicted molar refractivity (Wildman–Crippen MR) is 76.2 cm³/mol. The van der Waals surface area contributed by atoms with Crippen LogP contribution in [-0.2, 0) is 9.53 Å². The van der Waals surface area contributed by atoms with Gasteiger partial charge in [-0.05, 0) is 31.2 Å². The van der Waals surface area contributed by atoms with Gasteiger partial charge in [0.25, 0.3) is 5.91 Å². The highest BCUT2D eigenvalue weighted by atomic mass is 19.2. The van der Waals surface area contributed by atoms with Gasteiger partial charge < -0.3 is 10.1 Å². The fourth-order valence-electron chi connectivity index (χ4n) is 1.79. The maximum Gasteiger partial charge on any atom is 0.341 e. The first-order chi connectivity index (χ1) is 11.7. The van der Waals surface area contributed by atoms with Crippen molar-refractivity contribution in [1.29, 1.82) is 0 Å². The highest BCUT2D eigenvalue weighted by Gasteiger charge is 2.23. The second-order valence-corrected chi connectivity index (χ2v) is 4.88. The van der Waals surface area contributed by atoms with Crippen LogP contribution in [-0.4, -0.2) is 18.0 Å². The van der Waals surface area contributed by atoms with Gasteiger partial charge in [-0.25, -0.2) is 26.7 Å². The Morgan fingerprint density at radius 2 is 1.64 bits per heavy atom. The van der Waals surface area contributed by atoms with Gasteiger partial charge in [-0.1, -0.05) is 0 Å². The molecule has 1 atom stereocenters. The number of amides is 1. The summed E-state index contributed by atoms with van der Waals surface area (Å²) in [7, 11) is 0. The summed E-state index contributed by atoms with van der Waals surface area (Å²) >= 11 is 0. The Morgan fingerprint density at radius 3 is 2.28 bits per heavy atom. The molecule has 132 valence electrons. The zero-order chi connectivity index (χ0) is 18.7. The molecule has 2 aromatic rings. The predicted octanol–water partition coefficient (Wildman–Crippen LogP) is 3.57. The van der Waals surface area contributed by atoms with Crippen LogP contribution < -0.4 is 5.32 Å². The van der Waals surface area contributed by atoms with E-state index in [1.54, 1.807) is 0 Å². The van der Waals surface area contributed by atoms with Crippen LogP contribution in [0.4, 0.5) is 27.6 Å². The second-order valence-electron chi connectivity index (χ2n) is 4.88. The number of hydrogen-bond acceptors (Lipinski definition) is 3. The van der Waals surface area contributed by atoms with E-state index >= 15 is 0 Å². The van der Waals surface area contributed by atoms with Crippen LogP contribution in [0.25, 0.3) is 0 Å². The second kappa shape index (κ2) is 7.29. The molecule has 0 fully saturated rings. The highest BCUT2D eigenvalue weighted by Crippen LogP contribution is 2.20. The molecule has 0 aromatic heterocycles. The topological polar surface area (TPSA) is 55.4 Å². The molecule has 0 aliphatic carbocycles. The van der Waals surface area contributed by atoms with E-state index in [4.69, 9.17) is 0 Å². The smallest absolute Gasteiger partial charge is 0.341 e. The van der Waals surface area contributed by atoms with Crippen molar-refractivity contribution < 1.29 is 36.3 Å². The summed E-state index contributed by atoms with van der Waals surface area (Å²) in [6, 6.07) is 3.48. The van der Waals surface area contributed by atoms with Gasteiger partial charge >= 0.3 is 5.97 Å². The number of hydrogen-bond donors (Lipinski definition) is 1. The van der Waals surface area contributed by atoms with E-state index in [1.807, 2.05) is 5.32 Å². The van der Waals surface area contributed by atoms with Crippen LogP contribution in [0, 0.1) is 29.1 Å². The molecule has 2 aromatic carbocycles. The largest absolute Gasteiger partial charge is 0.449 e. The standard InChI is InChI=1S/C16H10F5NO3/c1-7(25-16(24)9-3-2-8(17)6-11(9)19)15(23)22-12-5-4-10(18)13(20)14(12)21/h2-7H,1H3,(H,22,23)/t7-/m1/s1. The van der Waals surface area contributed by atoms with Crippen molar-refractivity contribution in [3.8, 4) is 0 Å². The summed E-state index contributed by atoms with van der Waals surface area (Å²) in [6.45, 7) is 1.09. The fraction of sp³-hybridized carbons (Fsp3) is 0.125. The fourth-order valence-corrected chi connectivity index (χ4v) is 1.79. The summed E-state index contributed by atoms with van der Waals surface area (Å²) in [5.74, 6) is -9.28. The number of esters is 1. The third kappa shape index (κ3) is 4.11. The number of nitrogens with one attached hydrogen (secondary N) is 1. The van der Waals surface area contributed by atoms with E-state index < -0.39 is 58.3 Å². The van der Waals surface area contributed by atoms with Crippen molar-refractivity contribution >= 4 is 17.6 Å². The zero-order valence-electron chi connectivity index (χ0n) is 12.6. The Balaban J connectivity index is 2.08. The minimum absolute atomic E-state index is 0.456. The monoisotopic (exact) mass is 359 g/mol. The molecule has 4 nitrogen and oxygen atoms in total. The van der Waals surface area contributed by atoms with Gasteiger partial charge in [0.2, 0.25) is 0 Å². The van der Waals surface area contributed by atoms with Crippen molar-refractivity contribution in [2.75, 3.05) is 5.32 Å². The molecule has 0 saturated carbocycles. The molecular formula is C16H10F5NO3. The molecule has 2 rings (SSSR count). The summed E-state index contributed by atoms with van der Waals surface area (Å²) in [5, 5.41) is 1.91. The van der Waals surface area contributed by atoms with Gasteiger partial charge in [0.15, 0.2) is 23.6 Å². The number of rotatable bonds is 4. The van der Waals surface area contributed by atoms with E-state index in [2.05, 4.69) is 4.74 Å². The van der Waals surface area contributed by atoms with Crippen molar-refractivity contribution in [2.45, 2.75) is 13.0 Å². The van der Waals surface area contributed by atoms with Crippen molar-refractivity contribution in [3.63, 3.8) is 0 Å². The molecule has 0 aliphatic heterocycles. The Bertz CT molecular complexity index is 841. The number of anilines is 1. The van der Waals surface area contributed by atoms with Gasteiger partial charge in [-0.2, -0.15) is 0 Å². The lowest BCUT2D eigenvalue weighted by Gasteiger charge is -2.14. The number of benzene rings is 2. The molecule has 1 amide bonds. The Labute approximate surface area is 138 Å². The molecule has 9 heteroatoms. The molecule has 0 spiro atoms. The first-order valence-electron chi connectivity index (χ1n) is 6.81. The summed E-state index contributed by atoms with van der Waals surface area (Å²) < 4.78 is 70.3. The minimum atomic E-state index is -1.78. The zero-order valence-corrected chi connectivity index (χ0v) is 12.6. The molecular weight excluding hydrogens is 349 g/mol. The molecule has 0 bridgehead atoms. The SMILES string of the molecule is C[C@@H](OC(=O)c1ccc(F)cc1F)C(=O)Nc1ccc(F)c(F)c1F. The lowest BCUT2D eigenvalue weighted by Crippen LogP contribution is -2.30. The van der Waals surface area contributed by atoms with E-state index in [-0.39, 0.29) is 0 Å². The van der Waals surface area contributed by atoms with Gasteiger partial charge in [0, 0.05) is 6.07 Å². The van der Waals surface area contributed by atoms with Crippen LogP contribution >= 0.6 is 0 Å². The maximum atomic E-state index is 13.5. The van der Waals surface area contributed by atoms with Gasteiger partial charge in [0.05, 0.1) is 11.3 Å². The maximum absolute atomic E-state index is 13.5. The van der Waals surface area contributed by atoms with E-state index in [0.717, 1.165) is 25.1 Å². The van der Waals surface area contributed by atoms with Crippen LogP contribution in [0.1, 0.15) is 17.3 Å². The minimum Gasteiger partial charge on any atom is -0.449 e. The lowest BCUT2D eigenvalue weighted by atomic mass is 10.2. The van der Waals surface area contributed by atoms with Crippen molar-refractivity contribution in [3.05, 3.63) is 65.0 Å². The molecule has 0 heterocycles. The molecule has 0 radical (unpaired) electrons.